The van der Waals surface area contributed by atoms with Crippen LogP contribution in [0.25, 0.3) is 0 Å². The van der Waals surface area contributed by atoms with Gasteiger partial charge in [-0.25, -0.2) is 5.32 Å². The lowest BCUT2D eigenvalue weighted by Gasteiger charge is -2.18. The molecule has 47 valence electrons. The Bertz CT molecular complexity index is 61.4. The van der Waals surface area contributed by atoms with Gasteiger partial charge < -0.3 is 5.73 Å². The molecule has 0 spiro atoms. The lowest BCUT2D eigenvalue weighted by atomic mass is 10.3. The first kappa shape index (κ1) is 6.39. The second-order valence-corrected chi connectivity index (χ2v) is 3.02. The molecule has 2 nitrogen and oxygen atoms in total. The lowest BCUT2D eigenvalue weighted by Crippen LogP contribution is -2.37. The Morgan fingerprint density at radius 1 is 1.75 bits per heavy atom. The molecule has 1 radical (unpaired) electrons. The van der Waals surface area contributed by atoms with Gasteiger partial charge >= 0.3 is 0 Å². The predicted molar refractivity (Wildman–Crippen MR) is 37.2 cm³/mol. The summed E-state index contributed by atoms with van der Waals surface area (Å²) in [5.74, 6) is 2.33. The highest BCUT2D eigenvalue weighted by atomic mass is 32.2. The quantitative estimate of drug-likeness (QED) is 0.529. The molecule has 0 aromatic heterocycles. The summed E-state index contributed by atoms with van der Waals surface area (Å²) in [4.78, 5) is 0. The summed E-state index contributed by atoms with van der Waals surface area (Å²) < 4.78 is 0. The molecule has 1 saturated heterocycles. The van der Waals surface area contributed by atoms with Crippen molar-refractivity contribution in [1.29, 1.82) is 0 Å². The Morgan fingerprint density at radius 3 is 3.00 bits per heavy atom. The van der Waals surface area contributed by atoms with Crippen molar-refractivity contribution in [2.45, 2.75) is 6.04 Å². The SMILES string of the molecule is NCC1CSCC[N]1. The zero-order valence-corrected chi connectivity index (χ0v) is 5.66. The highest BCUT2D eigenvalue weighted by Gasteiger charge is 2.10. The van der Waals surface area contributed by atoms with Crippen molar-refractivity contribution in [3.8, 4) is 0 Å². The molecule has 1 aliphatic rings. The van der Waals surface area contributed by atoms with E-state index in [1.807, 2.05) is 11.8 Å². The highest BCUT2D eigenvalue weighted by Crippen LogP contribution is 2.06. The van der Waals surface area contributed by atoms with Gasteiger partial charge in [0.15, 0.2) is 0 Å². The van der Waals surface area contributed by atoms with Crippen LogP contribution in [-0.2, 0) is 0 Å². The van der Waals surface area contributed by atoms with Crippen LogP contribution in [0.4, 0.5) is 0 Å². The number of rotatable bonds is 1. The van der Waals surface area contributed by atoms with Gasteiger partial charge in [-0.2, -0.15) is 11.8 Å². The van der Waals surface area contributed by atoms with E-state index in [-0.39, 0.29) is 0 Å². The van der Waals surface area contributed by atoms with E-state index in [9.17, 15) is 0 Å². The third kappa shape index (κ3) is 1.65. The van der Waals surface area contributed by atoms with Crippen LogP contribution in [0.15, 0.2) is 0 Å². The Labute approximate surface area is 54.2 Å². The van der Waals surface area contributed by atoms with Crippen molar-refractivity contribution in [2.75, 3.05) is 24.6 Å². The van der Waals surface area contributed by atoms with Gasteiger partial charge in [0, 0.05) is 30.6 Å². The smallest absolute Gasteiger partial charge is 0.0459 e. The van der Waals surface area contributed by atoms with Gasteiger partial charge in [0.25, 0.3) is 0 Å². The summed E-state index contributed by atoms with van der Waals surface area (Å²) in [6.07, 6.45) is 0. The fourth-order valence-electron chi connectivity index (χ4n) is 0.714. The molecule has 1 rings (SSSR count). The number of hydrogen-bond donors (Lipinski definition) is 1. The average Bonchev–Trinajstić information content (AvgIpc) is 1.90. The van der Waals surface area contributed by atoms with Gasteiger partial charge in [-0.3, -0.25) is 0 Å². The first-order valence-corrected chi connectivity index (χ1v) is 4.03. The number of nitrogens with zero attached hydrogens (tertiary/aromatic N) is 1. The van der Waals surface area contributed by atoms with Crippen molar-refractivity contribution in [2.24, 2.45) is 5.73 Å². The van der Waals surface area contributed by atoms with Gasteiger partial charge in [0.1, 0.15) is 0 Å². The average molecular weight is 131 g/mol. The molecular formula is C5H11N2S. The molecule has 2 N–H and O–H groups in total. The Balaban J connectivity index is 2.13. The molecule has 3 heteroatoms. The molecule has 1 unspecified atom stereocenters. The fourth-order valence-corrected chi connectivity index (χ4v) is 1.63. The third-order valence-corrected chi connectivity index (χ3v) is 2.30. The Morgan fingerprint density at radius 2 is 2.62 bits per heavy atom. The Kier molecular flexibility index (Phi) is 2.66. The summed E-state index contributed by atoms with van der Waals surface area (Å²) in [6.45, 7) is 1.74. The maximum absolute atomic E-state index is 5.40. The minimum absolute atomic E-state index is 0.453. The minimum Gasteiger partial charge on any atom is -0.329 e. The van der Waals surface area contributed by atoms with E-state index >= 15 is 0 Å². The van der Waals surface area contributed by atoms with E-state index in [1.54, 1.807) is 0 Å². The molecule has 1 aliphatic heterocycles. The van der Waals surface area contributed by atoms with E-state index in [0.717, 1.165) is 18.8 Å². The maximum atomic E-state index is 5.40. The number of thioether (sulfide) groups is 1. The fraction of sp³-hybridized carbons (Fsp3) is 1.00. The zero-order valence-electron chi connectivity index (χ0n) is 4.84. The van der Waals surface area contributed by atoms with Gasteiger partial charge in [0.05, 0.1) is 0 Å². The van der Waals surface area contributed by atoms with Crippen LogP contribution in [0.2, 0.25) is 0 Å². The highest BCUT2D eigenvalue weighted by molar-refractivity contribution is 7.99. The summed E-state index contributed by atoms with van der Waals surface area (Å²) >= 11 is 1.95. The first-order valence-electron chi connectivity index (χ1n) is 2.88. The molecule has 0 aromatic rings. The van der Waals surface area contributed by atoms with E-state index in [2.05, 4.69) is 5.32 Å². The minimum atomic E-state index is 0.453. The molecule has 8 heavy (non-hydrogen) atoms. The van der Waals surface area contributed by atoms with Crippen molar-refractivity contribution < 1.29 is 0 Å². The van der Waals surface area contributed by atoms with Crippen LogP contribution >= 0.6 is 11.8 Å². The van der Waals surface area contributed by atoms with Crippen molar-refractivity contribution >= 4 is 11.8 Å². The van der Waals surface area contributed by atoms with Crippen LogP contribution in [0, 0.1) is 0 Å². The first-order chi connectivity index (χ1) is 3.93. The largest absolute Gasteiger partial charge is 0.329 e. The van der Waals surface area contributed by atoms with E-state index < -0.39 is 0 Å². The molecule has 1 heterocycles. The van der Waals surface area contributed by atoms with Crippen LogP contribution in [-0.4, -0.2) is 30.6 Å². The van der Waals surface area contributed by atoms with Crippen LogP contribution < -0.4 is 11.1 Å². The lowest BCUT2D eigenvalue weighted by molar-refractivity contribution is 0.562. The van der Waals surface area contributed by atoms with Crippen LogP contribution in [0.1, 0.15) is 0 Å². The summed E-state index contributed by atoms with van der Waals surface area (Å²) in [7, 11) is 0. The normalized spacial score (nSPS) is 30.4. The van der Waals surface area contributed by atoms with Crippen molar-refractivity contribution in [3.05, 3.63) is 0 Å². The predicted octanol–water partition coefficient (Wildman–Crippen LogP) is -0.335. The standard InChI is InChI=1S/C5H11N2S/c6-3-5-4-8-2-1-7-5/h5H,1-4,6H2. The van der Waals surface area contributed by atoms with Gasteiger partial charge in [-0.1, -0.05) is 0 Å². The maximum Gasteiger partial charge on any atom is 0.0459 e. The van der Waals surface area contributed by atoms with Crippen LogP contribution in [0.3, 0.4) is 0 Å². The van der Waals surface area contributed by atoms with Gasteiger partial charge in [-0.15, -0.1) is 0 Å². The molecule has 1 atom stereocenters. The van der Waals surface area contributed by atoms with Gasteiger partial charge in [0.2, 0.25) is 0 Å². The number of hydrogen-bond acceptors (Lipinski definition) is 2. The van der Waals surface area contributed by atoms with Crippen LogP contribution in [0.5, 0.6) is 0 Å². The summed E-state index contributed by atoms with van der Waals surface area (Å²) in [5.41, 5.74) is 5.40. The number of nitrogens with two attached hydrogens (primary N) is 1. The molecule has 0 bridgehead atoms. The van der Waals surface area contributed by atoms with Crippen molar-refractivity contribution in [3.63, 3.8) is 0 Å². The summed E-state index contributed by atoms with van der Waals surface area (Å²) in [6, 6.07) is 0.453. The van der Waals surface area contributed by atoms with E-state index in [1.165, 1.54) is 5.75 Å². The molecule has 0 aromatic carbocycles. The molecule has 0 amide bonds. The third-order valence-electron chi connectivity index (χ3n) is 1.21. The monoisotopic (exact) mass is 131 g/mol. The molecule has 0 aliphatic carbocycles. The van der Waals surface area contributed by atoms with Gasteiger partial charge in [-0.05, 0) is 0 Å². The van der Waals surface area contributed by atoms with E-state index in [4.69, 9.17) is 5.73 Å². The van der Waals surface area contributed by atoms with E-state index in [0.29, 0.717) is 6.04 Å². The zero-order chi connectivity index (χ0) is 5.82. The topological polar surface area (TPSA) is 40.1 Å². The second kappa shape index (κ2) is 3.33. The molecular weight excluding hydrogens is 120 g/mol. The Hall–Kier alpha value is 0.270. The summed E-state index contributed by atoms with van der Waals surface area (Å²) in [5, 5.41) is 4.30. The molecule has 0 saturated carbocycles. The van der Waals surface area contributed by atoms with Crippen molar-refractivity contribution in [1.82, 2.24) is 5.32 Å². The second-order valence-electron chi connectivity index (χ2n) is 1.87. The molecule has 1 fully saturated rings.